The summed E-state index contributed by atoms with van der Waals surface area (Å²) in [4.78, 5) is 31.4. The molecule has 0 radical (unpaired) electrons. The highest BCUT2D eigenvalue weighted by molar-refractivity contribution is 5.94. The second-order valence-corrected chi connectivity index (χ2v) is 10.0. The number of amides is 1. The number of aromatic nitrogens is 2. The van der Waals surface area contributed by atoms with Gasteiger partial charge in [0, 0.05) is 56.6 Å². The highest BCUT2D eigenvalue weighted by Gasteiger charge is 2.45. The molecular formula is C25H33N5O2. The monoisotopic (exact) mass is 435 g/mol. The third-order valence-electron chi connectivity index (χ3n) is 7.41. The highest BCUT2D eigenvalue weighted by atomic mass is 16.2. The van der Waals surface area contributed by atoms with Gasteiger partial charge in [0.15, 0.2) is 5.78 Å². The quantitative estimate of drug-likeness (QED) is 0.687. The molecular weight excluding hydrogens is 402 g/mol. The summed E-state index contributed by atoms with van der Waals surface area (Å²) in [5, 5.41) is 4.11. The zero-order chi connectivity index (χ0) is 22.3. The van der Waals surface area contributed by atoms with Gasteiger partial charge >= 0.3 is 6.03 Å². The van der Waals surface area contributed by atoms with Crippen molar-refractivity contribution in [2.24, 2.45) is 5.41 Å². The average molecular weight is 436 g/mol. The van der Waals surface area contributed by atoms with Crippen molar-refractivity contribution in [3.05, 3.63) is 47.3 Å². The molecule has 1 aromatic carbocycles. The number of carbonyl (C=O) groups excluding carboxylic acids is 2. The van der Waals surface area contributed by atoms with Gasteiger partial charge in [0.1, 0.15) is 0 Å². The minimum atomic E-state index is -0.123. The molecule has 7 heteroatoms. The molecule has 1 unspecified atom stereocenters. The fourth-order valence-corrected chi connectivity index (χ4v) is 5.70. The Morgan fingerprint density at radius 1 is 1.03 bits per heavy atom. The maximum absolute atomic E-state index is 12.9. The van der Waals surface area contributed by atoms with Crippen LogP contribution in [-0.2, 0) is 6.54 Å². The van der Waals surface area contributed by atoms with Crippen LogP contribution in [0.3, 0.4) is 0 Å². The number of anilines is 1. The lowest BCUT2D eigenvalue weighted by Crippen LogP contribution is -2.36. The van der Waals surface area contributed by atoms with Gasteiger partial charge in [-0.15, -0.1) is 0 Å². The Morgan fingerprint density at radius 3 is 2.56 bits per heavy atom. The minimum Gasteiger partial charge on any atom is -0.372 e. The van der Waals surface area contributed by atoms with Crippen LogP contribution in [-0.4, -0.2) is 70.7 Å². The molecule has 3 saturated heterocycles. The molecule has 3 aliphatic rings. The molecule has 1 atom stereocenters. The van der Waals surface area contributed by atoms with Crippen LogP contribution in [0.4, 0.5) is 10.5 Å². The largest absolute Gasteiger partial charge is 0.372 e. The van der Waals surface area contributed by atoms with Crippen LogP contribution in [0.5, 0.6) is 0 Å². The number of ketones is 1. The van der Waals surface area contributed by atoms with E-state index < -0.39 is 0 Å². The lowest BCUT2D eigenvalue weighted by atomic mass is 9.86. The van der Waals surface area contributed by atoms with Gasteiger partial charge < -0.3 is 9.80 Å². The first-order valence-electron chi connectivity index (χ1n) is 11.8. The van der Waals surface area contributed by atoms with Crippen LogP contribution in [0, 0.1) is 12.3 Å². The number of benzene rings is 1. The fourth-order valence-electron chi connectivity index (χ4n) is 5.70. The lowest BCUT2D eigenvalue weighted by Gasteiger charge is -2.25. The summed E-state index contributed by atoms with van der Waals surface area (Å²) < 4.78 is 1.31. The van der Waals surface area contributed by atoms with E-state index in [1.54, 1.807) is 6.20 Å². The van der Waals surface area contributed by atoms with Gasteiger partial charge in [-0.25, -0.2) is 4.79 Å². The van der Waals surface area contributed by atoms with Crippen LogP contribution in [0.15, 0.2) is 30.6 Å². The van der Waals surface area contributed by atoms with E-state index in [9.17, 15) is 9.59 Å². The first-order chi connectivity index (χ1) is 15.4. The van der Waals surface area contributed by atoms with E-state index in [2.05, 4.69) is 40.0 Å². The van der Waals surface area contributed by atoms with Crippen molar-refractivity contribution in [2.75, 3.05) is 44.2 Å². The van der Waals surface area contributed by atoms with Crippen molar-refractivity contribution in [1.82, 2.24) is 19.6 Å². The molecule has 170 valence electrons. The third-order valence-corrected chi connectivity index (χ3v) is 7.41. The van der Waals surface area contributed by atoms with Gasteiger partial charge in [-0.1, -0.05) is 6.07 Å². The molecule has 0 saturated carbocycles. The summed E-state index contributed by atoms with van der Waals surface area (Å²) in [5.74, 6) is -0.0718. The number of aryl methyl sites for hydroxylation is 1. The standard InChI is InChI=1S/C25H33N5O2/c1-19-11-21(13-23(12-19)28-7-3-4-8-28)15-27-9-5-25(17-27)6-10-29(18-25)24(32)30-16-22(14-26-30)20(2)31/h11-14,16H,3-10,15,17-18H2,1-2H3. The molecule has 0 aliphatic carbocycles. The predicted molar refractivity (Wildman–Crippen MR) is 124 cm³/mol. The van der Waals surface area contributed by atoms with E-state index in [1.807, 2.05) is 4.90 Å². The molecule has 32 heavy (non-hydrogen) atoms. The van der Waals surface area contributed by atoms with E-state index in [0.29, 0.717) is 5.56 Å². The molecule has 0 N–H and O–H groups in total. The number of Topliss-reactive ketones (excluding diaryl/α,β-unsaturated/α-hetero) is 1. The number of likely N-dealkylation sites (tertiary alicyclic amines) is 2. The van der Waals surface area contributed by atoms with Crippen molar-refractivity contribution >= 4 is 17.5 Å². The molecule has 1 aromatic heterocycles. The molecule has 3 aliphatic heterocycles. The SMILES string of the molecule is CC(=O)c1cnn(C(=O)N2CCC3(CCN(Cc4cc(C)cc(N5CCCC5)c4)C3)C2)c1. The fraction of sp³-hybridized carbons (Fsp3) is 0.560. The average Bonchev–Trinajstić information content (AvgIpc) is 3.56. The first kappa shape index (κ1) is 21.2. The van der Waals surface area contributed by atoms with E-state index in [-0.39, 0.29) is 17.2 Å². The molecule has 1 amide bonds. The van der Waals surface area contributed by atoms with Gasteiger partial charge in [-0.05, 0) is 69.3 Å². The normalized spacial score (nSPS) is 23.6. The van der Waals surface area contributed by atoms with Gasteiger partial charge in [-0.3, -0.25) is 9.69 Å². The van der Waals surface area contributed by atoms with Gasteiger partial charge in [-0.2, -0.15) is 9.78 Å². The molecule has 4 heterocycles. The van der Waals surface area contributed by atoms with Crippen molar-refractivity contribution in [3.8, 4) is 0 Å². The van der Waals surface area contributed by atoms with Crippen LogP contribution in [0.2, 0.25) is 0 Å². The maximum atomic E-state index is 12.9. The van der Waals surface area contributed by atoms with E-state index >= 15 is 0 Å². The summed E-state index contributed by atoms with van der Waals surface area (Å²) in [6.45, 7) is 10.6. The Labute approximate surface area is 190 Å². The van der Waals surface area contributed by atoms with Crippen LogP contribution in [0.1, 0.15) is 54.1 Å². The molecule has 0 bridgehead atoms. The Balaban J connectivity index is 1.22. The minimum absolute atomic E-state index is 0.0718. The zero-order valence-corrected chi connectivity index (χ0v) is 19.2. The third kappa shape index (κ3) is 4.18. The van der Waals surface area contributed by atoms with E-state index in [1.165, 1.54) is 60.5 Å². The molecule has 1 spiro atoms. The number of carbonyl (C=O) groups is 2. The second-order valence-electron chi connectivity index (χ2n) is 10.0. The van der Waals surface area contributed by atoms with Crippen molar-refractivity contribution in [3.63, 3.8) is 0 Å². The summed E-state index contributed by atoms with van der Waals surface area (Å²) >= 11 is 0. The topological polar surface area (TPSA) is 61.7 Å². The molecule has 7 nitrogen and oxygen atoms in total. The van der Waals surface area contributed by atoms with Gasteiger partial charge in [0.2, 0.25) is 0 Å². The van der Waals surface area contributed by atoms with Gasteiger partial charge in [0.25, 0.3) is 0 Å². The van der Waals surface area contributed by atoms with Crippen molar-refractivity contribution in [2.45, 2.75) is 46.1 Å². The highest BCUT2D eigenvalue weighted by Crippen LogP contribution is 2.40. The van der Waals surface area contributed by atoms with Crippen LogP contribution in [0.25, 0.3) is 0 Å². The summed E-state index contributed by atoms with van der Waals surface area (Å²) in [7, 11) is 0. The van der Waals surface area contributed by atoms with E-state index in [0.717, 1.165) is 45.6 Å². The van der Waals surface area contributed by atoms with Crippen LogP contribution >= 0.6 is 0 Å². The molecule has 2 aromatic rings. The van der Waals surface area contributed by atoms with Crippen molar-refractivity contribution < 1.29 is 9.59 Å². The first-order valence-corrected chi connectivity index (χ1v) is 11.8. The predicted octanol–water partition coefficient (Wildman–Crippen LogP) is 3.56. The summed E-state index contributed by atoms with van der Waals surface area (Å²) in [5.41, 5.74) is 4.75. The van der Waals surface area contributed by atoms with E-state index in [4.69, 9.17) is 0 Å². The Kier molecular flexibility index (Phi) is 5.53. The number of nitrogens with zero attached hydrogens (tertiary/aromatic N) is 5. The van der Waals surface area contributed by atoms with Gasteiger partial charge in [0.05, 0.1) is 11.8 Å². The number of rotatable bonds is 4. The number of hydrogen-bond acceptors (Lipinski definition) is 5. The summed E-state index contributed by atoms with van der Waals surface area (Å²) in [6.07, 6.45) is 7.76. The Morgan fingerprint density at radius 2 is 1.81 bits per heavy atom. The number of hydrogen-bond donors (Lipinski definition) is 0. The van der Waals surface area contributed by atoms with Crippen LogP contribution < -0.4 is 4.90 Å². The Hall–Kier alpha value is -2.67. The zero-order valence-electron chi connectivity index (χ0n) is 19.2. The van der Waals surface area contributed by atoms with Crippen molar-refractivity contribution in [1.29, 1.82) is 0 Å². The lowest BCUT2D eigenvalue weighted by molar-refractivity contribution is 0.101. The summed E-state index contributed by atoms with van der Waals surface area (Å²) in [6, 6.07) is 6.88. The second kappa shape index (κ2) is 8.35. The maximum Gasteiger partial charge on any atom is 0.344 e. The Bertz CT molecular complexity index is 1030. The molecule has 5 rings (SSSR count). The molecule has 3 fully saturated rings. The smallest absolute Gasteiger partial charge is 0.344 e.